The minimum absolute atomic E-state index is 0.452. The molecule has 1 aromatic rings. The van der Waals surface area contributed by atoms with Crippen LogP contribution < -0.4 is 4.72 Å². The summed E-state index contributed by atoms with van der Waals surface area (Å²) < 4.78 is 26.2. The maximum Gasteiger partial charge on any atom is 0.233 e. The summed E-state index contributed by atoms with van der Waals surface area (Å²) in [5.74, 6) is 0. The van der Waals surface area contributed by atoms with Crippen molar-refractivity contribution in [1.29, 1.82) is 0 Å². The van der Waals surface area contributed by atoms with Gasteiger partial charge in [-0.2, -0.15) is 0 Å². The van der Waals surface area contributed by atoms with E-state index in [2.05, 4.69) is 9.62 Å². The second kappa shape index (κ2) is 6.52. The minimum Gasteiger partial charge on any atom is -0.302 e. The molecule has 1 fully saturated rings. The lowest BCUT2D eigenvalue weighted by Crippen LogP contribution is -2.33. The van der Waals surface area contributed by atoms with Gasteiger partial charge >= 0.3 is 0 Å². The maximum atomic E-state index is 11.8. The molecule has 1 N–H and O–H groups in total. The van der Waals surface area contributed by atoms with Crippen LogP contribution in [0.3, 0.4) is 0 Å². The van der Waals surface area contributed by atoms with Crippen molar-refractivity contribution in [3.63, 3.8) is 0 Å². The van der Waals surface area contributed by atoms with E-state index in [-0.39, 0.29) is 0 Å². The van der Waals surface area contributed by atoms with Crippen LogP contribution in [0.4, 0.5) is 0 Å². The average Bonchev–Trinajstić information content (AvgIpc) is 3.22. The van der Waals surface area contributed by atoms with Gasteiger partial charge in [-0.05, 0) is 38.5 Å². The molecule has 0 aromatic heterocycles. The summed E-state index contributed by atoms with van der Waals surface area (Å²) in [6.45, 7) is 3.21. The number of nitrogens with one attached hydrogen (secondary N) is 1. The molecule has 1 aromatic carbocycles. The van der Waals surface area contributed by atoms with Crippen LogP contribution in [0, 0.1) is 6.92 Å². The third-order valence-corrected chi connectivity index (χ3v) is 4.56. The molecule has 20 heavy (non-hydrogen) atoms. The smallest absolute Gasteiger partial charge is 0.233 e. The fourth-order valence-corrected chi connectivity index (χ4v) is 2.76. The van der Waals surface area contributed by atoms with Gasteiger partial charge in [0.15, 0.2) is 0 Å². The minimum atomic E-state index is -3.35. The van der Waals surface area contributed by atoms with Gasteiger partial charge in [0.2, 0.25) is 10.0 Å². The molecule has 0 spiro atoms. The summed E-state index contributed by atoms with van der Waals surface area (Å²) in [5, 5.41) is 1.23. The predicted octanol–water partition coefficient (Wildman–Crippen LogP) is 1.98. The highest BCUT2D eigenvalue weighted by atomic mass is 32.2. The molecule has 0 radical (unpaired) electrons. The summed E-state index contributed by atoms with van der Waals surface area (Å²) in [7, 11) is -1.31. The van der Waals surface area contributed by atoms with E-state index >= 15 is 0 Å². The van der Waals surface area contributed by atoms with Gasteiger partial charge < -0.3 is 4.90 Å². The topological polar surface area (TPSA) is 49.4 Å². The fraction of sp³-hybridized carbons (Fsp3) is 0.467. The van der Waals surface area contributed by atoms with Gasteiger partial charge in [0.05, 0.1) is 0 Å². The second-order valence-electron chi connectivity index (χ2n) is 5.36. The number of aryl methyl sites for hydroxylation is 1. The summed E-state index contributed by atoms with van der Waals surface area (Å²) in [6.07, 6.45) is 4.08. The van der Waals surface area contributed by atoms with Gasteiger partial charge in [-0.1, -0.05) is 29.8 Å². The van der Waals surface area contributed by atoms with E-state index < -0.39 is 10.0 Å². The first-order chi connectivity index (χ1) is 9.46. The molecule has 0 saturated heterocycles. The molecule has 0 amide bonds. The molecule has 1 aliphatic carbocycles. The molecule has 0 aliphatic heterocycles. The highest BCUT2D eigenvalue weighted by Crippen LogP contribution is 2.24. The number of benzene rings is 1. The first kappa shape index (κ1) is 15.2. The van der Waals surface area contributed by atoms with Crippen molar-refractivity contribution in [2.45, 2.75) is 25.8 Å². The summed E-state index contributed by atoms with van der Waals surface area (Å²) >= 11 is 0. The van der Waals surface area contributed by atoms with E-state index in [1.807, 2.05) is 38.2 Å². The quantitative estimate of drug-likeness (QED) is 0.836. The highest BCUT2D eigenvalue weighted by molar-refractivity contribution is 7.92. The maximum absolute atomic E-state index is 11.8. The van der Waals surface area contributed by atoms with Crippen LogP contribution in [-0.4, -0.2) is 39.5 Å². The zero-order valence-electron chi connectivity index (χ0n) is 12.0. The molecule has 0 atom stereocenters. The van der Waals surface area contributed by atoms with E-state index in [9.17, 15) is 8.42 Å². The number of hydrogen-bond donors (Lipinski definition) is 1. The van der Waals surface area contributed by atoms with Gasteiger partial charge in [-0.25, -0.2) is 13.1 Å². The normalized spacial score (nSPS) is 16.1. The molecule has 1 aliphatic rings. The van der Waals surface area contributed by atoms with Crippen molar-refractivity contribution in [3.05, 3.63) is 40.8 Å². The van der Waals surface area contributed by atoms with Crippen molar-refractivity contribution in [1.82, 2.24) is 9.62 Å². The Morgan fingerprint density at radius 1 is 1.30 bits per heavy atom. The number of nitrogens with zero attached hydrogens (tertiary/aromatic N) is 1. The van der Waals surface area contributed by atoms with Gasteiger partial charge in [-0.15, -0.1) is 0 Å². The SMILES string of the molecule is Cc1ccc(/C=C/S(=O)(=O)NCCN(C)C2CC2)cc1. The van der Waals surface area contributed by atoms with E-state index in [4.69, 9.17) is 0 Å². The number of likely N-dealkylation sites (N-methyl/N-ethyl adjacent to an activating group) is 1. The van der Waals surface area contributed by atoms with E-state index in [0.717, 1.165) is 17.7 Å². The van der Waals surface area contributed by atoms with Crippen molar-refractivity contribution >= 4 is 16.1 Å². The van der Waals surface area contributed by atoms with Gasteiger partial charge in [0, 0.05) is 24.5 Å². The molecule has 2 rings (SSSR count). The van der Waals surface area contributed by atoms with Crippen LogP contribution in [0.15, 0.2) is 29.7 Å². The van der Waals surface area contributed by atoms with Crippen LogP contribution in [-0.2, 0) is 10.0 Å². The molecule has 110 valence electrons. The summed E-state index contributed by atoms with van der Waals surface area (Å²) in [4.78, 5) is 2.20. The lowest BCUT2D eigenvalue weighted by molar-refractivity contribution is 0.329. The van der Waals surface area contributed by atoms with Crippen molar-refractivity contribution in [2.75, 3.05) is 20.1 Å². The van der Waals surface area contributed by atoms with E-state index in [1.54, 1.807) is 6.08 Å². The Kier molecular flexibility index (Phi) is 4.96. The van der Waals surface area contributed by atoms with Crippen LogP contribution in [0.2, 0.25) is 0 Å². The van der Waals surface area contributed by atoms with Crippen LogP contribution in [0.5, 0.6) is 0 Å². The zero-order chi connectivity index (χ0) is 14.6. The average molecular weight is 294 g/mol. The molecule has 4 nitrogen and oxygen atoms in total. The zero-order valence-corrected chi connectivity index (χ0v) is 12.9. The van der Waals surface area contributed by atoms with E-state index in [1.165, 1.54) is 18.2 Å². The Balaban J connectivity index is 1.81. The molecular formula is C15H22N2O2S. The van der Waals surface area contributed by atoms with Gasteiger partial charge in [0.1, 0.15) is 0 Å². The highest BCUT2D eigenvalue weighted by Gasteiger charge is 2.25. The number of rotatable bonds is 7. The molecular weight excluding hydrogens is 272 g/mol. The molecule has 5 heteroatoms. The van der Waals surface area contributed by atoms with Crippen LogP contribution in [0.25, 0.3) is 6.08 Å². The lowest BCUT2D eigenvalue weighted by Gasteiger charge is -2.15. The van der Waals surface area contributed by atoms with Crippen LogP contribution >= 0.6 is 0 Å². The standard InChI is InChI=1S/C15H22N2O2S/c1-13-3-5-14(6-4-13)9-12-20(18,19)16-10-11-17(2)15-7-8-15/h3-6,9,12,15-16H,7-8,10-11H2,1-2H3/b12-9+. The Bertz CT molecular complexity index is 560. The van der Waals surface area contributed by atoms with Crippen molar-refractivity contribution in [3.8, 4) is 0 Å². The molecule has 1 saturated carbocycles. The second-order valence-corrected chi connectivity index (χ2v) is 7.02. The van der Waals surface area contributed by atoms with Crippen LogP contribution in [0.1, 0.15) is 24.0 Å². The van der Waals surface area contributed by atoms with Crippen molar-refractivity contribution < 1.29 is 8.42 Å². The first-order valence-corrected chi connectivity index (χ1v) is 8.45. The lowest BCUT2D eigenvalue weighted by atomic mass is 10.2. The molecule has 0 bridgehead atoms. The largest absolute Gasteiger partial charge is 0.302 e. The molecule has 0 unspecified atom stereocenters. The summed E-state index contributed by atoms with van der Waals surface area (Å²) in [5.41, 5.74) is 2.04. The number of sulfonamides is 1. The van der Waals surface area contributed by atoms with Gasteiger partial charge in [0.25, 0.3) is 0 Å². The Labute approximate surface area is 121 Å². The van der Waals surface area contributed by atoms with Crippen molar-refractivity contribution in [2.24, 2.45) is 0 Å². The Morgan fingerprint density at radius 2 is 1.95 bits per heavy atom. The fourth-order valence-electron chi connectivity index (χ4n) is 1.96. The third-order valence-electron chi connectivity index (χ3n) is 3.45. The van der Waals surface area contributed by atoms with Gasteiger partial charge in [-0.3, -0.25) is 0 Å². The third kappa shape index (κ3) is 5.07. The first-order valence-electron chi connectivity index (χ1n) is 6.91. The Morgan fingerprint density at radius 3 is 2.55 bits per heavy atom. The number of hydrogen-bond acceptors (Lipinski definition) is 3. The summed E-state index contributed by atoms with van der Waals surface area (Å²) in [6, 6.07) is 8.39. The molecule has 0 heterocycles. The monoisotopic (exact) mass is 294 g/mol. The predicted molar refractivity (Wildman–Crippen MR) is 82.8 cm³/mol. The Hall–Kier alpha value is -1.17. The van der Waals surface area contributed by atoms with E-state index in [0.29, 0.717) is 12.6 Å².